The SMILES string of the molecule is N[C@@H]1CCCN(c2nc(Cl)nc3c2CCC3)C1. The fraction of sp³-hybridized carbons (Fsp3) is 0.667. The van der Waals surface area contributed by atoms with E-state index in [9.17, 15) is 0 Å². The van der Waals surface area contributed by atoms with Crippen LogP contribution in [0.1, 0.15) is 30.5 Å². The van der Waals surface area contributed by atoms with E-state index in [-0.39, 0.29) is 6.04 Å². The van der Waals surface area contributed by atoms with Crippen LogP contribution in [-0.2, 0) is 12.8 Å². The molecule has 0 saturated carbocycles. The van der Waals surface area contributed by atoms with E-state index in [0.717, 1.165) is 56.7 Å². The highest BCUT2D eigenvalue weighted by Gasteiger charge is 2.25. The fourth-order valence-electron chi connectivity index (χ4n) is 2.85. The van der Waals surface area contributed by atoms with Gasteiger partial charge in [0.1, 0.15) is 5.82 Å². The van der Waals surface area contributed by atoms with Crippen molar-refractivity contribution in [3.63, 3.8) is 0 Å². The van der Waals surface area contributed by atoms with Gasteiger partial charge in [-0.1, -0.05) is 0 Å². The molecule has 92 valence electrons. The maximum absolute atomic E-state index is 6.03. The van der Waals surface area contributed by atoms with Crippen molar-refractivity contribution in [1.82, 2.24) is 9.97 Å². The van der Waals surface area contributed by atoms with Crippen molar-refractivity contribution >= 4 is 17.4 Å². The zero-order valence-electron chi connectivity index (χ0n) is 9.82. The number of halogens is 1. The molecule has 17 heavy (non-hydrogen) atoms. The summed E-state index contributed by atoms with van der Waals surface area (Å²) in [5, 5.41) is 0.375. The second kappa shape index (κ2) is 4.42. The number of aromatic nitrogens is 2. The van der Waals surface area contributed by atoms with Gasteiger partial charge in [0.15, 0.2) is 0 Å². The van der Waals surface area contributed by atoms with Gasteiger partial charge in [0.25, 0.3) is 0 Å². The molecule has 3 rings (SSSR count). The van der Waals surface area contributed by atoms with Crippen LogP contribution in [0.5, 0.6) is 0 Å². The Bertz CT molecular complexity index is 435. The molecule has 1 atom stereocenters. The summed E-state index contributed by atoms with van der Waals surface area (Å²) >= 11 is 6.00. The second-order valence-corrected chi connectivity index (χ2v) is 5.28. The molecule has 0 amide bonds. The lowest BCUT2D eigenvalue weighted by atomic mass is 10.1. The number of nitrogens with two attached hydrogens (primary N) is 1. The second-order valence-electron chi connectivity index (χ2n) is 4.94. The van der Waals surface area contributed by atoms with Gasteiger partial charge in [-0.25, -0.2) is 9.97 Å². The van der Waals surface area contributed by atoms with E-state index in [1.54, 1.807) is 0 Å². The molecule has 4 nitrogen and oxygen atoms in total. The zero-order chi connectivity index (χ0) is 11.8. The van der Waals surface area contributed by atoms with E-state index in [1.165, 1.54) is 5.56 Å². The quantitative estimate of drug-likeness (QED) is 0.771. The Balaban J connectivity index is 1.96. The van der Waals surface area contributed by atoms with Gasteiger partial charge in [-0.05, 0) is 43.7 Å². The van der Waals surface area contributed by atoms with Crippen molar-refractivity contribution in [2.75, 3.05) is 18.0 Å². The van der Waals surface area contributed by atoms with Crippen LogP contribution in [0.15, 0.2) is 0 Å². The summed E-state index contributed by atoms with van der Waals surface area (Å²) in [6.07, 6.45) is 5.52. The molecule has 1 aromatic rings. The summed E-state index contributed by atoms with van der Waals surface area (Å²) < 4.78 is 0. The molecule has 2 heterocycles. The van der Waals surface area contributed by atoms with Gasteiger partial charge in [-0.3, -0.25) is 0 Å². The third-order valence-corrected chi connectivity index (χ3v) is 3.81. The number of hydrogen-bond donors (Lipinski definition) is 1. The Kier molecular flexibility index (Phi) is 2.92. The van der Waals surface area contributed by atoms with Crippen LogP contribution in [0, 0.1) is 0 Å². The molecule has 2 N–H and O–H groups in total. The number of aryl methyl sites for hydroxylation is 1. The van der Waals surface area contributed by atoms with Crippen molar-refractivity contribution in [2.24, 2.45) is 5.73 Å². The number of rotatable bonds is 1. The molecule has 1 aliphatic heterocycles. The number of fused-ring (bicyclic) bond motifs is 1. The van der Waals surface area contributed by atoms with E-state index in [0.29, 0.717) is 5.28 Å². The molecule has 1 aliphatic carbocycles. The van der Waals surface area contributed by atoms with Crippen LogP contribution < -0.4 is 10.6 Å². The average Bonchev–Trinajstić information content (AvgIpc) is 2.75. The van der Waals surface area contributed by atoms with Gasteiger partial charge in [0.2, 0.25) is 5.28 Å². The first kappa shape index (κ1) is 11.2. The van der Waals surface area contributed by atoms with Crippen LogP contribution in [0.25, 0.3) is 0 Å². The summed E-state index contributed by atoms with van der Waals surface area (Å²) in [5.41, 5.74) is 8.46. The molecule has 2 aliphatic rings. The van der Waals surface area contributed by atoms with E-state index in [2.05, 4.69) is 14.9 Å². The van der Waals surface area contributed by atoms with Gasteiger partial charge in [0, 0.05) is 24.7 Å². The number of hydrogen-bond acceptors (Lipinski definition) is 4. The van der Waals surface area contributed by atoms with Gasteiger partial charge in [0.05, 0.1) is 5.69 Å². The summed E-state index contributed by atoms with van der Waals surface area (Å²) in [5.74, 6) is 1.03. The molecule has 0 radical (unpaired) electrons. The number of anilines is 1. The highest BCUT2D eigenvalue weighted by Crippen LogP contribution is 2.31. The smallest absolute Gasteiger partial charge is 0.224 e. The van der Waals surface area contributed by atoms with Crippen molar-refractivity contribution in [2.45, 2.75) is 38.1 Å². The van der Waals surface area contributed by atoms with Crippen molar-refractivity contribution in [3.8, 4) is 0 Å². The number of piperidine rings is 1. The van der Waals surface area contributed by atoms with Crippen molar-refractivity contribution in [3.05, 3.63) is 16.5 Å². The Hall–Kier alpha value is -0.870. The highest BCUT2D eigenvalue weighted by molar-refractivity contribution is 6.28. The van der Waals surface area contributed by atoms with Gasteiger partial charge in [-0.2, -0.15) is 0 Å². The summed E-state index contributed by atoms with van der Waals surface area (Å²) in [6.45, 7) is 1.92. The molecule has 0 unspecified atom stereocenters. The lowest BCUT2D eigenvalue weighted by Crippen LogP contribution is -2.43. The summed E-state index contributed by atoms with van der Waals surface area (Å²) in [4.78, 5) is 11.0. The number of nitrogens with zero attached hydrogens (tertiary/aromatic N) is 3. The predicted molar refractivity (Wildman–Crippen MR) is 68.5 cm³/mol. The minimum atomic E-state index is 0.259. The normalized spacial score (nSPS) is 23.9. The van der Waals surface area contributed by atoms with E-state index in [4.69, 9.17) is 17.3 Å². The maximum Gasteiger partial charge on any atom is 0.224 e. The van der Waals surface area contributed by atoms with Crippen LogP contribution >= 0.6 is 11.6 Å². The van der Waals surface area contributed by atoms with E-state index in [1.807, 2.05) is 0 Å². The molecular weight excluding hydrogens is 236 g/mol. The molecule has 0 aromatic carbocycles. The minimum absolute atomic E-state index is 0.259. The fourth-order valence-corrected chi connectivity index (χ4v) is 3.03. The first-order valence-corrected chi connectivity index (χ1v) is 6.67. The molecule has 1 saturated heterocycles. The predicted octanol–water partition coefficient (Wildman–Crippen LogP) is 1.55. The molecular formula is C12H17ClN4. The molecule has 5 heteroatoms. The van der Waals surface area contributed by atoms with Gasteiger partial charge >= 0.3 is 0 Å². The summed E-state index contributed by atoms with van der Waals surface area (Å²) in [7, 11) is 0. The third kappa shape index (κ3) is 2.11. The Labute approximate surface area is 106 Å². The largest absolute Gasteiger partial charge is 0.355 e. The van der Waals surface area contributed by atoms with Crippen LogP contribution in [0.3, 0.4) is 0 Å². The van der Waals surface area contributed by atoms with E-state index < -0.39 is 0 Å². The maximum atomic E-state index is 6.03. The minimum Gasteiger partial charge on any atom is -0.355 e. The average molecular weight is 253 g/mol. The van der Waals surface area contributed by atoms with Crippen LogP contribution in [0.2, 0.25) is 5.28 Å². The van der Waals surface area contributed by atoms with Crippen molar-refractivity contribution in [1.29, 1.82) is 0 Å². The Morgan fingerprint density at radius 3 is 2.94 bits per heavy atom. The molecule has 0 spiro atoms. The highest BCUT2D eigenvalue weighted by atomic mass is 35.5. The standard InChI is InChI=1S/C12H17ClN4/c13-12-15-10-5-1-4-9(10)11(16-12)17-6-2-3-8(14)7-17/h8H,1-7,14H2/t8-/m1/s1. The van der Waals surface area contributed by atoms with Gasteiger partial charge < -0.3 is 10.6 Å². The summed E-state index contributed by atoms with van der Waals surface area (Å²) in [6, 6.07) is 0.259. The Morgan fingerprint density at radius 2 is 2.12 bits per heavy atom. The van der Waals surface area contributed by atoms with Crippen LogP contribution in [-0.4, -0.2) is 29.1 Å². The molecule has 0 bridgehead atoms. The molecule has 1 fully saturated rings. The van der Waals surface area contributed by atoms with Crippen molar-refractivity contribution < 1.29 is 0 Å². The Morgan fingerprint density at radius 1 is 1.24 bits per heavy atom. The van der Waals surface area contributed by atoms with E-state index >= 15 is 0 Å². The lowest BCUT2D eigenvalue weighted by molar-refractivity contribution is 0.502. The molecule has 1 aromatic heterocycles. The topological polar surface area (TPSA) is 55.0 Å². The first-order valence-electron chi connectivity index (χ1n) is 6.30. The third-order valence-electron chi connectivity index (χ3n) is 3.64. The monoisotopic (exact) mass is 252 g/mol. The first-order chi connectivity index (χ1) is 8.24. The van der Waals surface area contributed by atoms with Gasteiger partial charge in [-0.15, -0.1) is 0 Å². The van der Waals surface area contributed by atoms with Crippen LogP contribution in [0.4, 0.5) is 5.82 Å². The zero-order valence-corrected chi connectivity index (χ0v) is 10.6. The lowest BCUT2D eigenvalue weighted by Gasteiger charge is -2.32.